The van der Waals surface area contributed by atoms with Gasteiger partial charge in [-0.25, -0.2) is 8.42 Å². The quantitative estimate of drug-likeness (QED) is 0.300. The van der Waals surface area contributed by atoms with Gasteiger partial charge in [-0.2, -0.15) is 0 Å². The zero-order chi connectivity index (χ0) is 31.1. The van der Waals surface area contributed by atoms with Gasteiger partial charge in [0.1, 0.15) is 24.1 Å². The topological polar surface area (TPSA) is 105 Å². The van der Waals surface area contributed by atoms with Crippen molar-refractivity contribution in [3.05, 3.63) is 88.4 Å². The van der Waals surface area contributed by atoms with Crippen LogP contribution in [0.3, 0.4) is 0 Å². The highest BCUT2D eigenvalue weighted by atomic mass is 79.9. The van der Waals surface area contributed by atoms with Crippen molar-refractivity contribution < 1.29 is 27.5 Å². The number of methoxy groups -OCH3 is 2. The first-order chi connectivity index (χ1) is 19.7. The maximum atomic E-state index is 14.2. The lowest BCUT2D eigenvalue weighted by atomic mass is 10.0. The molecule has 1 unspecified atom stereocenters. The summed E-state index contributed by atoms with van der Waals surface area (Å²) < 4.78 is 38.7. The number of nitrogens with one attached hydrogen (secondary N) is 1. The highest BCUT2D eigenvalue weighted by molar-refractivity contribution is 9.10. The average molecular weight is 661 g/mol. The summed E-state index contributed by atoms with van der Waals surface area (Å²) >= 11 is 3.48. The molecule has 0 aliphatic carbocycles. The number of halogens is 1. The molecule has 0 aliphatic rings. The fraction of sp³-hybridized carbons (Fsp3) is 0.355. The molecule has 226 valence electrons. The summed E-state index contributed by atoms with van der Waals surface area (Å²) in [6.07, 6.45) is 1.25. The standard InChI is InChI=1S/C31H38BrN3O6S/c1-31(2,3)33-30(37)27(18-22-11-8-7-9-12-22)34(20-23-13-10-14-24(32)17-23)29(36)21-35(42(6,38)39)26-16-15-25(40-4)19-28(26)41-5/h7-17,19,27H,18,20-21H2,1-6H3,(H,33,37). The minimum atomic E-state index is -3.95. The van der Waals surface area contributed by atoms with Gasteiger partial charge in [-0.15, -0.1) is 0 Å². The Labute approximate surface area is 257 Å². The number of ether oxygens (including phenoxy) is 2. The number of sulfonamides is 1. The fourth-order valence-electron chi connectivity index (χ4n) is 4.42. The molecule has 0 saturated carbocycles. The molecule has 0 radical (unpaired) electrons. The van der Waals surface area contributed by atoms with Crippen LogP contribution in [0.15, 0.2) is 77.3 Å². The number of rotatable bonds is 12. The number of carbonyl (C=O) groups is 2. The van der Waals surface area contributed by atoms with Gasteiger partial charge < -0.3 is 19.7 Å². The predicted molar refractivity (Wildman–Crippen MR) is 168 cm³/mol. The number of nitrogens with zero attached hydrogens (tertiary/aromatic N) is 2. The minimum Gasteiger partial charge on any atom is -0.497 e. The van der Waals surface area contributed by atoms with Crippen LogP contribution in [0.5, 0.6) is 11.5 Å². The smallest absolute Gasteiger partial charge is 0.244 e. The third-order valence-electron chi connectivity index (χ3n) is 6.35. The molecule has 3 aromatic rings. The van der Waals surface area contributed by atoms with Crippen molar-refractivity contribution in [1.29, 1.82) is 0 Å². The first-order valence-corrected chi connectivity index (χ1v) is 16.0. The van der Waals surface area contributed by atoms with Gasteiger partial charge in [-0.3, -0.25) is 13.9 Å². The van der Waals surface area contributed by atoms with E-state index in [9.17, 15) is 18.0 Å². The zero-order valence-corrected chi connectivity index (χ0v) is 27.2. The Morgan fingerprint density at radius 2 is 1.60 bits per heavy atom. The summed E-state index contributed by atoms with van der Waals surface area (Å²) in [4.78, 5) is 29.5. The number of benzene rings is 3. The van der Waals surface area contributed by atoms with Gasteiger partial charge in [0, 0.05) is 29.0 Å². The number of hydrogen-bond acceptors (Lipinski definition) is 6. The third kappa shape index (κ3) is 9.22. The van der Waals surface area contributed by atoms with Crippen LogP contribution in [-0.4, -0.2) is 63.7 Å². The Bertz CT molecular complexity index is 1490. The highest BCUT2D eigenvalue weighted by Crippen LogP contribution is 2.34. The molecule has 1 atom stereocenters. The molecule has 3 rings (SSSR count). The van der Waals surface area contributed by atoms with E-state index in [2.05, 4.69) is 21.2 Å². The molecule has 0 aromatic heterocycles. The van der Waals surface area contributed by atoms with Crippen molar-refractivity contribution in [3.63, 3.8) is 0 Å². The Hall–Kier alpha value is -3.57. The lowest BCUT2D eigenvalue weighted by Gasteiger charge is -2.35. The zero-order valence-electron chi connectivity index (χ0n) is 24.8. The van der Waals surface area contributed by atoms with E-state index < -0.39 is 34.1 Å². The molecule has 11 heteroatoms. The van der Waals surface area contributed by atoms with Gasteiger partial charge in [-0.1, -0.05) is 58.4 Å². The van der Waals surface area contributed by atoms with Crippen molar-refractivity contribution in [3.8, 4) is 11.5 Å². The summed E-state index contributed by atoms with van der Waals surface area (Å²) in [7, 11) is -1.06. The van der Waals surface area contributed by atoms with Gasteiger partial charge in [0.15, 0.2) is 0 Å². The Morgan fingerprint density at radius 1 is 0.929 bits per heavy atom. The predicted octanol–water partition coefficient (Wildman–Crippen LogP) is 4.79. The van der Waals surface area contributed by atoms with Crippen LogP contribution in [-0.2, 0) is 32.6 Å². The molecule has 0 heterocycles. The van der Waals surface area contributed by atoms with Gasteiger partial charge in [0.05, 0.1) is 26.2 Å². The van der Waals surface area contributed by atoms with Crippen LogP contribution in [0.1, 0.15) is 31.9 Å². The maximum absolute atomic E-state index is 14.2. The van der Waals surface area contributed by atoms with E-state index in [0.717, 1.165) is 26.2 Å². The number of hydrogen-bond donors (Lipinski definition) is 1. The summed E-state index contributed by atoms with van der Waals surface area (Å²) in [6, 6.07) is 20.6. The molecular formula is C31H38BrN3O6S. The van der Waals surface area contributed by atoms with E-state index in [1.807, 2.05) is 75.4 Å². The first kappa shape index (κ1) is 32.9. The molecule has 0 saturated heterocycles. The SMILES string of the molecule is COc1ccc(N(CC(=O)N(Cc2cccc(Br)c2)C(Cc2ccccc2)C(=O)NC(C)(C)C)S(C)(=O)=O)c(OC)c1. The second-order valence-electron chi connectivity index (χ2n) is 10.9. The first-order valence-electron chi connectivity index (χ1n) is 13.3. The van der Waals surface area contributed by atoms with Crippen molar-refractivity contribution in [1.82, 2.24) is 10.2 Å². The van der Waals surface area contributed by atoms with E-state index in [-0.39, 0.29) is 30.3 Å². The van der Waals surface area contributed by atoms with Crippen LogP contribution in [0.25, 0.3) is 0 Å². The van der Waals surface area contributed by atoms with Crippen LogP contribution >= 0.6 is 15.9 Å². The van der Waals surface area contributed by atoms with Gasteiger partial charge in [0.25, 0.3) is 0 Å². The van der Waals surface area contributed by atoms with Crippen molar-refractivity contribution in [2.75, 3.05) is 31.3 Å². The fourth-order valence-corrected chi connectivity index (χ4v) is 5.72. The molecular weight excluding hydrogens is 622 g/mol. The lowest BCUT2D eigenvalue weighted by molar-refractivity contribution is -0.140. The molecule has 42 heavy (non-hydrogen) atoms. The molecule has 0 aliphatic heterocycles. The Balaban J connectivity index is 2.11. The molecule has 3 aromatic carbocycles. The van der Waals surface area contributed by atoms with E-state index in [4.69, 9.17) is 9.47 Å². The monoisotopic (exact) mass is 659 g/mol. The summed E-state index contributed by atoms with van der Waals surface area (Å²) in [5.41, 5.74) is 1.24. The summed E-state index contributed by atoms with van der Waals surface area (Å²) in [5, 5.41) is 3.01. The second-order valence-corrected chi connectivity index (χ2v) is 13.7. The molecule has 9 nitrogen and oxygen atoms in total. The number of amides is 2. The van der Waals surface area contributed by atoms with Gasteiger partial charge in [0.2, 0.25) is 21.8 Å². The Morgan fingerprint density at radius 3 is 2.17 bits per heavy atom. The molecule has 0 fully saturated rings. The average Bonchev–Trinajstić information content (AvgIpc) is 2.92. The van der Waals surface area contributed by atoms with Crippen LogP contribution in [0.2, 0.25) is 0 Å². The normalized spacial score (nSPS) is 12.3. The molecule has 0 spiro atoms. The van der Waals surface area contributed by atoms with Crippen molar-refractivity contribution >= 4 is 43.5 Å². The molecule has 2 amide bonds. The van der Waals surface area contributed by atoms with Crippen LogP contribution < -0.4 is 19.1 Å². The van der Waals surface area contributed by atoms with Gasteiger partial charge >= 0.3 is 0 Å². The summed E-state index contributed by atoms with van der Waals surface area (Å²) in [5.74, 6) is -0.211. The molecule has 0 bridgehead atoms. The molecule has 1 N–H and O–H groups in total. The second kappa shape index (κ2) is 14.1. The van der Waals surface area contributed by atoms with E-state index >= 15 is 0 Å². The van der Waals surface area contributed by atoms with Gasteiger partial charge in [-0.05, 0) is 56.2 Å². The van der Waals surface area contributed by atoms with E-state index in [1.54, 1.807) is 12.1 Å². The van der Waals surface area contributed by atoms with Crippen molar-refractivity contribution in [2.45, 2.75) is 45.3 Å². The largest absolute Gasteiger partial charge is 0.497 e. The van der Waals surface area contributed by atoms with Crippen LogP contribution in [0, 0.1) is 0 Å². The Kier molecular flexibility index (Phi) is 11.0. The lowest BCUT2D eigenvalue weighted by Crippen LogP contribution is -2.56. The summed E-state index contributed by atoms with van der Waals surface area (Å²) in [6.45, 7) is 5.12. The maximum Gasteiger partial charge on any atom is 0.244 e. The number of anilines is 1. The van der Waals surface area contributed by atoms with Crippen molar-refractivity contribution in [2.24, 2.45) is 0 Å². The van der Waals surface area contributed by atoms with Crippen LogP contribution in [0.4, 0.5) is 5.69 Å². The van der Waals surface area contributed by atoms with E-state index in [0.29, 0.717) is 5.75 Å². The number of carbonyl (C=O) groups excluding carboxylic acids is 2. The third-order valence-corrected chi connectivity index (χ3v) is 7.97. The highest BCUT2D eigenvalue weighted by Gasteiger charge is 2.35. The van der Waals surface area contributed by atoms with E-state index in [1.165, 1.54) is 25.2 Å². The minimum absolute atomic E-state index is 0.0741.